The highest BCUT2D eigenvalue weighted by atomic mass is 31.2. The molecule has 1 unspecified atom stereocenters. The van der Waals surface area contributed by atoms with Gasteiger partial charge in [-0.3, -0.25) is 9.36 Å². The number of esters is 1. The van der Waals surface area contributed by atoms with Crippen LogP contribution in [0.3, 0.4) is 0 Å². The normalized spacial score (nSPS) is 30.6. The number of hydrogen-bond acceptors (Lipinski definition) is 6. The number of rotatable bonds is 8. The Morgan fingerprint density at radius 2 is 1.82 bits per heavy atom. The van der Waals surface area contributed by atoms with Crippen LogP contribution in [0.15, 0.2) is 0 Å². The summed E-state index contributed by atoms with van der Waals surface area (Å²) >= 11 is 0. The van der Waals surface area contributed by atoms with E-state index in [0.29, 0.717) is 11.3 Å². The van der Waals surface area contributed by atoms with Crippen molar-refractivity contribution >= 4 is 19.9 Å². The molecule has 0 heterocycles. The minimum atomic E-state index is -3.27. The highest BCUT2D eigenvalue weighted by Gasteiger charge is 2.51. The fourth-order valence-electron chi connectivity index (χ4n) is 5.31. The lowest BCUT2D eigenvalue weighted by Gasteiger charge is -2.45. The molecule has 0 N–H and O–H groups in total. The molecule has 0 aromatic carbocycles. The van der Waals surface area contributed by atoms with Gasteiger partial charge in [-0.05, 0) is 56.3 Å². The van der Waals surface area contributed by atoms with Gasteiger partial charge in [-0.1, -0.05) is 33.6 Å². The third-order valence-electron chi connectivity index (χ3n) is 6.60. The van der Waals surface area contributed by atoms with Crippen LogP contribution in [0.4, 0.5) is 0 Å². The number of carbonyl (C=O) groups excluding carboxylic acids is 2. The van der Waals surface area contributed by atoms with E-state index in [2.05, 4.69) is 25.5 Å². The molecular weight excluding hydrogens is 379 g/mol. The molecule has 2 fully saturated rings. The summed E-state index contributed by atoms with van der Waals surface area (Å²) in [5, 5.41) is 0. The van der Waals surface area contributed by atoms with E-state index < -0.39 is 13.6 Å². The van der Waals surface area contributed by atoms with Crippen molar-refractivity contribution in [3.8, 4) is 0 Å². The second kappa shape index (κ2) is 11.5. The summed E-state index contributed by atoms with van der Waals surface area (Å²) in [7, 11) is -2.04. The van der Waals surface area contributed by atoms with E-state index in [0.717, 1.165) is 11.8 Å². The zero-order valence-corrected chi connectivity index (χ0v) is 19.3. The number of aldehydes is 1. The summed E-state index contributed by atoms with van der Waals surface area (Å²) in [6.45, 7) is 10.8. The third kappa shape index (κ3) is 6.40. The number of hydrogen-bond donors (Lipinski definition) is 0. The quantitative estimate of drug-likeness (QED) is 0.310. The van der Waals surface area contributed by atoms with Crippen LogP contribution in [-0.4, -0.2) is 38.7 Å². The zero-order chi connectivity index (χ0) is 21.4. The number of methoxy groups -OCH3 is 1. The molecule has 28 heavy (non-hydrogen) atoms. The van der Waals surface area contributed by atoms with Crippen molar-refractivity contribution in [3.63, 3.8) is 0 Å². The van der Waals surface area contributed by atoms with Crippen molar-refractivity contribution in [1.29, 1.82) is 0 Å². The first-order valence-electron chi connectivity index (χ1n) is 10.6. The van der Waals surface area contributed by atoms with Gasteiger partial charge in [0.25, 0.3) is 0 Å². The van der Waals surface area contributed by atoms with Gasteiger partial charge in [-0.25, -0.2) is 0 Å². The molecule has 2 rings (SSSR count). The van der Waals surface area contributed by atoms with E-state index in [-0.39, 0.29) is 25.3 Å². The van der Waals surface area contributed by atoms with Gasteiger partial charge in [-0.2, -0.15) is 0 Å². The maximum absolute atomic E-state index is 11.6. The van der Waals surface area contributed by atoms with E-state index in [1.807, 2.05) is 0 Å². The first-order valence-corrected chi connectivity index (χ1v) is 12.3. The van der Waals surface area contributed by atoms with Crippen LogP contribution in [0, 0.1) is 29.1 Å². The van der Waals surface area contributed by atoms with Crippen molar-refractivity contribution in [2.75, 3.05) is 26.5 Å². The SMILES string of the molecule is CCOP(=O)(CC(=O)OC)OCC.C[C@H](C=O)[C@H]1CCC2[C@@H](C)CCC[C@@]21C. The maximum Gasteiger partial charge on any atom is 0.341 e. The topological polar surface area (TPSA) is 78.9 Å². The Morgan fingerprint density at radius 3 is 2.32 bits per heavy atom. The summed E-state index contributed by atoms with van der Waals surface area (Å²) in [4.78, 5) is 21.8. The molecule has 5 atom stereocenters. The lowest BCUT2D eigenvalue weighted by molar-refractivity contribution is -0.137. The molecule has 6 nitrogen and oxygen atoms in total. The van der Waals surface area contributed by atoms with Gasteiger partial charge in [0, 0.05) is 5.92 Å². The van der Waals surface area contributed by atoms with Gasteiger partial charge in [0.05, 0.1) is 20.3 Å². The maximum atomic E-state index is 11.6. The van der Waals surface area contributed by atoms with Gasteiger partial charge in [0.1, 0.15) is 12.4 Å². The van der Waals surface area contributed by atoms with Crippen LogP contribution < -0.4 is 0 Å². The van der Waals surface area contributed by atoms with Crippen LogP contribution in [0.25, 0.3) is 0 Å². The Morgan fingerprint density at radius 1 is 1.21 bits per heavy atom. The first kappa shape index (κ1) is 25.3. The van der Waals surface area contributed by atoms with Crippen molar-refractivity contribution in [2.45, 2.75) is 66.7 Å². The van der Waals surface area contributed by atoms with Crippen molar-refractivity contribution in [3.05, 3.63) is 0 Å². The smallest absolute Gasteiger partial charge is 0.341 e. The van der Waals surface area contributed by atoms with Crippen LogP contribution in [0.2, 0.25) is 0 Å². The summed E-state index contributed by atoms with van der Waals surface area (Å²) < 4.78 is 25.8. The first-order chi connectivity index (χ1) is 13.2. The van der Waals surface area contributed by atoms with Gasteiger partial charge >= 0.3 is 13.6 Å². The van der Waals surface area contributed by atoms with Crippen LogP contribution in [-0.2, 0) is 27.9 Å². The highest BCUT2D eigenvalue weighted by Crippen LogP contribution is 2.59. The number of ether oxygens (including phenoxy) is 1. The van der Waals surface area contributed by atoms with Crippen LogP contribution >= 0.6 is 7.60 Å². The van der Waals surface area contributed by atoms with Crippen molar-refractivity contribution < 1.29 is 27.9 Å². The molecule has 0 aliphatic heterocycles. The molecular formula is C21H39O6P. The van der Waals surface area contributed by atoms with Crippen molar-refractivity contribution in [2.24, 2.45) is 29.1 Å². The fraction of sp³-hybridized carbons (Fsp3) is 0.905. The Hall–Kier alpha value is -0.710. The van der Waals surface area contributed by atoms with Gasteiger partial charge in [-0.15, -0.1) is 0 Å². The largest absolute Gasteiger partial charge is 0.469 e. The Balaban J connectivity index is 0.000000284. The van der Waals surface area contributed by atoms with E-state index in [9.17, 15) is 14.2 Å². The molecule has 2 aliphatic carbocycles. The molecule has 2 saturated carbocycles. The molecule has 0 bridgehead atoms. The van der Waals surface area contributed by atoms with Gasteiger partial charge in [0.15, 0.2) is 0 Å². The molecule has 0 spiro atoms. The number of fused-ring (bicyclic) bond motifs is 1. The monoisotopic (exact) mass is 418 g/mol. The standard InChI is InChI=1S/C14H24O.C7H15O5P/c1-10-5-4-8-14(3)12(10)6-7-13(14)11(2)9-15;1-4-11-13(9,12-5-2)6-7(8)10-3/h9-13H,4-8H2,1-3H3;4-6H2,1-3H3/t10-,11+,12?,13+,14-;/m0./s1. The van der Waals surface area contributed by atoms with Crippen molar-refractivity contribution in [1.82, 2.24) is 0 Å². The molecule has 2 aliphatic rings. The lowest BCUT2D eigenvalue weighted by Crippen LogP contribution is -2.38. The second-order valence-electron chi connectivity index (χ2n) is 8.34. The lowest BCUT2D eigenvalue weighted by atomic mass is 9.60. The minimum absolute atomic E-state index is 0.244. The van der Waals surface area contributed by atoms with E-state index in [4.69, 9.17) is 9.05 Å². The van der Waals surface area contributed by atoms with E-state index in [1.54, 1.807) is 13.8 Å². The molecule has 0 amide bonds. The molecule has 0 saturated heterocycles. The molecule has 164 valence electrons. The molecule has 0 aromatic rings. The van der Waals surface area contributed by atoms with E-state index in [1.165, 1.54) is 45.5 Å². The van der Waals surface area contributed by atoms with Crippen LogP contribution in [0.1, 0.15) is 66.7 Å². The van der Waals surface area contributed by atoms with E-state index >= 15 is 0 Å². The predicted octanol–water partition coefficient (Wildman–Crippen LogP) is 5.10. The summed E-state index contributed by atoms with van der Waals surface area (Å²) in [6, 6.07) is 0. The predicted molar refractivity (Wildman–Crippen MR) is 110 cm³/mol. The molecule has 0 aromatic heterocycles. The molecule has 0 radical (unpaired) electrons. The zero-order valence-electron chi connectivity index (χ0n) is 18.4. The minimum Gasteiger partial charge on any atom is -0.469 e. The summed E-state index contributed by atoms with van der Waals surface area (Å²) in [5.41, 5.74) is 0.470. The third-order valence-corrected chi connectivity index (χ3v) is 8.54. The Kier molecular flexibility index (Phi) is 10.4. The average Bonchev–Trinajstić information content (AvgIpc) is 3.00. The average molecular weight is 419 g/mol. The second-order valence-corrected chi connectivity index (χ2v) is 10.4. The van der Waals surface area contributed by atoms with Gasteiger partial charge < -0.3 is 18.6 Å². The summed E-state index contributed by atoms with van der Waals surface area (Å²) in [6.07, 6.45) is 7.62. The molecule has 7 heteroatoms. The van der Waals surface area contributed by atoms with Crippen LogP contribution in [0.5, 0.6) is 0 Å². The summed E-state index contributed by atoms with van der Waals surface area (Å²) in [5.74, 6) is 2.10. The van der Waals surface area contributed by atoms with Gasteiger partial charge in [0.2, 0.25) is 0 Å². The highest BCUT2D eigenvalue weighted by molar-refractivity contribution is 7.54. The fourth-order valence-corrected chi connectivity index (χ4v) is 6.80. The Bertz CT molecular complexity index is 541. The number of carbonyl (C=O) groups is 2. The Labute approximate surface area is 170 Å².